The number of rotatable bonds is 2. The van der Waals surface area contributed by atoms with E-state index >= 15 is 0 Å². The van der Waals surface area contributed by atoms with E-state index in [0.29, 0.717) is 11.3 Å². The zero-order valence-corrected chi connectivity index (χ0v) is 7.80. The molecule has 2 nitrogen and oxygen atoms in total. The Labute approximate surface area is 85.2 Å². The number of aromatic amines is 1. The third-order valence-corrected chi connectivity index (χ3v) is 2.16. The van der Waals surface area contributed by atoms with Gasteiger partial charge in [-0.05, 0) is 23.8 Å². The van der Waals surface area contributed by atoms with Crippen LogP contribution in [0.1, 0.15) is 5.56 Å². The van der Waals surface area contributed by atoms with Gasteiger partial charge in [0, 0.05) is 6.20 Å². The standard InChI is InChI=1S/C11H9F2NO/c12-8-2-1-3-9(13)11(8)10-4-7(6-15)5-14-10/h1-5,14-15H,6H2. The van der Waals surface area contributed by atoms with E-state index < -0.39 is 11.6 Å². The highest BCUT2D eigenvalue weighted by molar-refractivity contribution is 5.61. The minimum absolute atomic E-state index is 0.0998. The first-order valence-electron chi connectivity index (χ1n) is 4.45. The molecule has 0 aliphatic carbocycles. The number of hydrogen-bond donors (Lipinski definition) is 2. The Morgan fingerprint density at radius 3 is 2.40 bits per heavy atom. The maximum Gasteiger partial charge on any atom is 0.135 e. The van der Waals surface area contributed by atoms with E-state index in [0.717, 1.165) is 0 Å². The first-order chi connectivity index (χ1) is 7.22. The normalized spacial score (nSPS) is 10.6. The summed E-state index contributed by atoms with van der Waals surface area (Å²) in [7, 11) is 0. The monoisotopic (exact) mass is 209 g/mol. The maximum absolute atomic E-state index is 13.3. The summed E-state index contributed by atoms with van der Waals surface area (Å²) in [6.07, 6.45) is 1.52. The summed E-state index contributed by atoms with van der Waals surface area (Å²) in [5.74, 6) is -1.25. The smallest absolute Gasteiger partial charge is 0.135 e. The molecule has 0 fully saturated rings. The Morgan fingerprint density at radius 1 is 1.20 bits per heavy atom. The third-order valence-electron chi connectivity index (χ3n) is 2.16. The van der Waals surface area contributed by atoms with E-state index in [-0.39, 0.29) is 12.2 Å². The second-order valence-electron chi connectivity index (χ2n) is 3.18. The summed E-state index contributed by atoms with van der Waals surface area (Å²) < 4.78 is 26.7. The number of aromatic nitrogens is 1. The fourth-order valence-electron chi connectivity index (χ4n) is 1.43. The molecule has 0 spiro atoms. The van der Waals surface area contributed by atoms with Gasteiger partial charge in [-0.15, -0.1) is 0 Å². The van der Waals surface area contributed by atoms with Gasteiger partial charge in [-0.2, -0.15) is 0 Å². The number of hydrogen-bond acceptors (Lipinski definition) is 1. The van der Waals surface area contributed by atoms with Gasteiger partial charge in [0.2, 0.25) is 0 Å². The van der Waals surface area contributed by atoms with Crippen molar-refractivity contribution < 1.29 is 13.9 Å². The number of nitrogens with one attached hydrogen (secondary N) is 1. The van der Waals surface area contributed by atoms with E-state index in [1.54, 1.807) is 0 Å². The summed E-state index contributed by atoms with van der Waals surface area (Å²) in [6, 6.07) is 5.21. The zero-order valence-electron chi connectivity index (χ0n) is 7.80. The molecule has 2 aromatic rings. The third kappa shape index (κ3) is 1.76. The highest BCUT2D eigenvalue weighted by Gasteiger charge is 2.12. The van der Waals surface area contributed by atoms with E-state index in [2.05, 4.69) is 4.98 Å². The van der Waals surface area contributed by atoms with Crippen LogP contribution in [0.25, 0.3) is 11.3 Å². The van der Waals surface area contributed by atoms with Gasteiger partial charge < -0.3 is 10.1 Å². The summed E-state index contributed by atoms with van der Waals surface area (Å²) in [5, 5.41) is 8.83. The molecule has 1 aromatic carbocycles. The number of halogens is 2. The molecule has 2 rings (SSSR count). The average molecular weight is 209 g/mol. The van der Waals surface area contributed by atoms with Crippen molar-refractivity contribution in [2.24, 2.45) is 0 Å². The number of aliphatic hydroxyl groups is 1. The van der Waals surface area contributed by atoms with Gasteiger partial charge in [-0.3, -0.25) is 0 Å². The fourth-order valence-corrected chi connectivity index (χ4v) is 1.43. The van der Waals surface area contributed by atoms with Crippen LogP contribution in [0.15, 0.2) is 30.5 Å². The molecule has 0 atom stereocenters. The molecule has 0 aliphatic heterocycles. The summed E-state index contributed by atoms with van der Waals surface area (Å²) in [6.45, 7) is -0.160. The molecule has 15 heavy (non-hydrogen) atoms. The lowest BCUT2D eigenvalue weighted by Crippen LogP contribution is -1.89. The number of benzene rings is 1. The van der Waals surface area contributed by atoms with Crippen LogP contribution in [0, 0.1) is 11.6 Å². The van der Waals surface area contributed by atoms with Crippen molar-refractivity contribution in [3.8, 4) is 11.3 Å². The van der Waals surface area contributed by atoms with Crippen LogP contribution in [0.3, 0.4) is 0 Å². The van der Waals surface area contributed by atoms with Gasteiger partial charge in [0.25, 0.3) is 0 Å². The van der Waals surface area contributed by atoms with E-state index in [4.69, 9.17) is 5.11 Å². The predicted molar refractivity (Wildman–Crippen MR) is 52.1 cm³/mol. The minimum Gasteiger partial charge on any atom is -0.392 e. The summed E-state index contributed by atoms with van der Waals surface area (Å²) in [4.78, 5) is 2.71. The quantitative estimate of drug-likeness (QED) is 0.783. The Morgan fingerprint density at radius 2 is 1.87 bits per heavy atom. The Bertz CT molecular complexity index is 459. The topological polar surface area (TPSA) is 36.0 Å². The lowest BCUT2D eigenvalue weighted by molar-refractivity contribution is 0.282. The lowest BCUT2D eigenvalue weighted by atomic mass is 10.1. The molecule has 2 N–H and O–H groups in total. The van der Waals surface area contributed by atoms with Gasteiger partial charge >= 0.3 is 0 Å². The molecule has 0 radical (unpaired) electrons. The van der Waals surface area contributed by atoms with Crippen molar-refractivity contribution in [1.82, 2.24) is 4.98 Å². The van der Waals surface area contributed by atoms with E-state index in [1.165, 1.54) is 30.5 Å². The van der Waals surface area contributed by atoms with E-state index in [1.807, 2.05) is 0 Å². The van der Waals surface area contributed by atoms with Crippen LogP contribution in [-0.4, -0.2) is 10.1 Å². The van der Waals surface area contributed by atoms with Gasteiger partial charge in [-0.1, -0.05) is 6.07 Å². The maximum atomic E-state index is 13.3. The van der Waals surface area contributed by atoms with Crippen LogP contribution in [0.2, 0.25) is 0 Å². The Balaban J connectivity index is 2.53. The van der Waals surface area contributed by atoms with Gasteiger partial charge in [-0.25, -0.2) is 8.78 Å². The molecular weight excluding hydrogens is 200 g/mol. The summed E-state index contributed by atoms with van der Waals surface area (Å²) >= 11 is 0. The molecule has 4 heteroatoms. The predicted octanol–water partition coefficient (Wildman–Crippen LogP) is 2.45. The van der Waals surface area contributed by atoms with Crippen molar-refractivity contribution in [3.63, 3.8) is 0 Å². The van der Waals surface area contributed by atoms with Crippen LogP contribution >= 0.6 is 0 Å². The van der Waals surface area contributed by atoms with Crippen molar-refractivity contribution >= 4 is 0 Å². The number of H-pyrrole nitrogens is 1. The lowest BCUT2D eigenvalue weighted by Gasteiger charge is -2.01. The van der Waals surface area contributed by atoms with Crippen molar-refractivity contribution in [2.75, 3.05) is 0 Å². The van der Waals surface area contributed by atoms with Gasteiger partial charge in [0.05, 0.1) is 17.9 Å². The molecular formula is C11H9F2NO. The number of aliphatic hydroxyl groups excluding tert-OH is 1. The van der Waals surface area contributed by atoms with Gasteiger partial charge in [0.1, 0.15) is 11.6 Å². The van der Waals surface area contributed by atoms with Crippen molar-refractivity contribution in [3.05, 3.63) is 47.7 Å². The summed E-state index contributed by atoms with van der Waals surface area (Å²) in [5.41, 5.74) is 0.819. The first kappa shape index (κ1) is 9.86. The first-order valence-corrected chi connectivity index (χ1v) is 4.45. The SMILES string of the molecule is OCc1c[nH]c(-c2c(F)cccc2F)c1. The Hall–Kier alpha value is -1.68. The second kappa shape index (κ2) is 3.82. The molecule has 0 saturated carbocycles. The molecule has 0 aliphatic rings. The van der Waals surface area contributed by atoms with Crippen LogP contribution < -0.4 is 0 Å². The van der Waals surface area contributed by atoms with Crippen molar-refractivity contribution in [1.29, 1.82) is 0 Å². The molecule has 1 heterocycles. The molecule has 0 saturated heterocycles. The fraction of sp³-hybridized carbons (Fsp3) is 0.0909. The van der Waals surface area contributed by atoms with Crippen LogP contribution in [0.5, 0.6) is 0 Å². The van der Waals surface area contributed by atoms with Crippen LogP contribution in [0.4, 0.5) is 8.78 Å². The molecule has 0 bridgehead atoms. The minimum atomic E-state index is -0.624. The second-order valence-corrected chi connectivity index (χ2v) is 3.18. The van der Waals surface area contributed by atoms with Crippen LogP contribution in [-0.2, 0) is 6.61 Å². The molecule has 1 aromatic heterocycles. The highest BCUT2D eigenvalue weighted by atomic mass is 19.1. The average Bonchev–Trinajstić information content (AvgIpc) is 2.66. The van der Waals surface area contributed by atoms with Crippen molar-refractivity contribution in [2.45, 2.75) is 6.61 Å². The zero-order chi connectivity index (χ0) is 10.8. The highest BCUT2D eigenvalue weighted by Crippen LogP contribution is 2.25. The molecule has 0 amide bonds. The molecule has 78 valence electrons. The van der Waals surface area contributed by atoms with Gasteiger partial charge in [0.15, 0.2) is 0 Å². The Kier molecular flexibility index (Phi) is 2.51. The van der Waals surface area contributed by atoms with E-state index in [9.17, 15) is 8.78 Å². The molecule has 0 unspecified atom stereocenters. The largest absolute Gasteiger partial charge is 0.392 e.